The summed E-state index contributed by atoms with van der Waals surface area (Å²) < 4.78 is 0.920. The Hall–Kier alpha value is -0.910. The van der Waals surface area contributed by atoms with Gasteiger partial charge in [-0.15, -0.1) is 0 Å². The maximum Gasteiger partial charge on any atom is 0.238 e. The molecule has 0 bridgehead atoms. The monoisotopic (exact) mass is 314 g/mol. The van der Waals surface area contributed by atoms with E-state index in [1.54, 1.807) is 0 Å². The van der Waals surface area contributed by atoms with Gasteiger partial charge in [-0.1, -0.05) is 35.8 Å². The molecule has 0 radical (unpaired) electrons. The molecule has 18 heavy (non-hydrogen) atoms. The van der Waals surface area contributed by atoms with Crippen molar-refractivity contribution in [1.29, 1.82) is 0 Å². The van der Waals surface area contributed by atoms with Crippen LogP contribution < -0.4 is 10.6 Å². The summed E-state index contributed by atoms with van der Waals surface area (Å²) in [5, 5.41) is 15.0. The summed E-state index contributed by atoms with van der Waals surface area (Å²) in [5.74, 6) is 0.167. The molecule has 0 aliphatic rings. The van der Waals surface area contributed by atoms with Crippen LogP contribution >= 0.6 is 15.9 Å². The molecule has 0 aliphatic carbocycles. The van der Waals surface area contributed by atoms with Gasteiger partial charge < -0.3 is 15.7 Å². The van der Waals surface area contributed by atoms with Crippen LogP contribution in [0.2, 0.25) is 0 Å². The summed E-state index contributed by atoms with van der Waals surface area (Å²) >= 11 is 3.34. The topological polar surface area (TPSA) is 61.4 Å². The van der Waals surface area contributed by atoms with E-state index in [2.05, 4.69) is 26.6 Å². The van der Waals surface area contributed by atoms with Gasteiger partial charge >= 0.3 is 0 Å². The van der Waals surface area contributed by atoms with Crippen LogP contribution in [0.4, 0.5) is 5.69 Å². The van der Waals surface area contributed by atoms with Gasteiger partial charge in [0.1, 0.15) is 0 Å². The van der Waals surface area contributed by atoms with Gasteiger partial charge in [0.15, 0.2) is 0 Å². The second-order valence-corrected chi connectivity index (χ2v) is 5.39. The molecule has 3 N–H and O–H groups in total. The van der Waals surface area contributed by atoms with Crippen molar-refractivity contribution in [3.63, 3.8) is 0 Å². The first-order valence-corrected chi connectivity index (χ1v) is 6.72. The van der Waals surface area contributed by atoms with Gasteiger partial charge in [0, 0.05) is 16.2 Å². The number of benzene rings is 1. The molecule has 1 aromatic rings. The molecular formula is C13H19BrN2O2. The summed E-state index contributed by atoms with van der Waals surface area (Å²) in [6, 6.07) is 7.36. The van der Waals surface area contributed by atoms with Crippen LogP contribution in [0.1, 0.15) is 13.8 Å². The number of nitrogens with one attached hydrogen (secondary N) is 2. The van der Waals surface area contributed by atoms with Crippen molar-refractivity contribution >= 4 is 27.5 Å². The van der Waals surface area contributed by atoms with E-state index >= 15 is 0 Å². The molecule has 0 aromatic heterocycles. The quantitative estimate of drug-likeness (QED) is 0.752. The summed E-state index contributed by atoms with van der Waals surface area (Å²) in [4.78, 5) is 11.7. The molecular weight excluding hydrogens is 296 g/mol. The smallest absolute Gasteiger partial charge is 0.238 e. The number of aliphatic hydroxyl groups excluding tert-OH is 1. The molecule has 1 amide bonds. The molecule has 0 saturated heterocycles. The Bertz CT molecular complexity index is 396. The molecule has 0 spiro atoms. The van der Waals surface area contributed by atoms with Gasteiger partial charge in [-0.05, 0) is 24.1 Å². The third kappa shape index (κ3) is 5.16. The lowest BCUT2D eigenvalue weighted by Gasteiger charge is -2.19. The maximum atomic E-state index is 11.7. The predicted octanol–water partition coefficient (Wildman–Crippen LogP) is 1.99. The number of halogens is 1. The van der Waals surface area contributed by atoms with Gasteiger partial charge in [0.2, 0.25) is 5.91 Å². The van der Waals surface area contributed by atoms with Crippen LogP contribution in [0.5, 0.6) is 0 Å². The van der Waals surface area contributed by atoms with E-state index in [1.165, 1.54) is 0 Å². The van der Waals surface area contributed by atoms with Gasteiger partial charge in [-0.2, -0.15) is 0 Å². The number of amides is 1. The highest BCUT2D eigenvalue weighted by Crippen LogP contribution is 2.15. The molecule has 1 atom stereocenters. The highest BCUT2D eigenvalue weighted by molar-refractivity contribution is 9.10. The Morgan fingerprint density at radius 1 is 1.44 bits per heavy atom. The van der Waals surface area contributed by atoms with E-state index in [1.807, 2.05) is 38.1 Å². The Morgan fingerprint density at radius 3 is 2.72 bits per heavy atom. The molecule has 0 aliphatic heterocycles. The molecule has 1 rings (SSSR count). The summed E-state index contributed by atoms with van der Waals surface area (Å²) in [5.41, 5.74) is 0.751. The first-order chi connectivity index (χ1) is 8.52. The Labute approximate surface area is 116 Å². The molecule has 0 fully saturated rings. The van der Waals surface area contributed by atoms with Crippen molar-refractivity contribution in [1.82, 2.24) is 5.32 Å². The van der Waals surface area contributed by atoms with Crippen LogP contribution in [0.3, 0.4) is 0 Å². The molecule has 5 heteroatoms. The van der Waals surface area contributed by atoms with Crippen LogP contribution in [-0.2, 0) is 4.79 Å². The normalized spacial score (nSPS) is 12.5. The summed E-state index contributed by atoms with van der Waals surface area (Å²) in [6.45, 7) is 4.22. The maximum absolute atomic E-state index is 11.7. The van der Waals surface area contributed by atoms with Crippen LogP contribution in [0.25, 0.3) is 0 Å². The first-order valence-electron chi connectivity index (χ1n) is 5.92. The van der Waals surface area contributed by atoms with E-state index in [0.29, 0.717) is 0 Å². The second kappa shape index (κ2) is 7.51. The van der Waals surface area contributed by atoms with Gasteiger partial charge in [-0.3, -0.25) is 4.79 Å². The second-order valence-electron chi connectivity index (χ2n) is 4.47. The van der Waals surface area contributed by atoms with Crippen molar-refractivity contribution in [2.24, 2.45) is 5.92 Å². The van der Waals surface area contributed by atoms with E-state index in [4.69, 9.17) is 5.11 Å². The van der Waals surface area contributed by atoms with E-state index in [9.17, 15) is 4.79 Å². The largest absolute Gasteiger partial charge is 0.395 e. The third-order valence-electron chi connectivity index (χ3n) is 2.63. The van der Waals surface area contributed by atoms with E-state index in [0.717, 1.165) is 10.2 Å². The highest BCUT2D eigenvalue weighted by Gasteiger charge is 2.12. The number of aliphatic hydroxyl groups is 1. The zero-order chi connectivity index (χ0) is 13.5. The standard InChI is InChI=1S/C13H19BrN2O2/c1-9(2)12(8-17)15-7-13(18)16-11-5-3-4-10(14)6-11/h3-6,9,12,15,17H,7-8H2,1-2H3,(H,16,18). The lowest BCUT2D eigenvalue weighted by atomic mass is 10.1. The predicted molar refractivity (Wildman–Crippen MR) is 76.5 cm³/mol. The van der Waals surface area contributed by atoms with Gasteiger partial charge in [0.05, 0.1) is 13.2 Å². The minimum Gasteiger partial charge on any atom is -0.395 e. The van der Waals surface area contributed by atoms with Crippen LogP contribution in [0, 0.1) is 5.92 Å². The Kier molecular flexibility index (Phi) is 6.32. The Morgan fingerprint density at radius 2 is 2.17 bits per heavy atom. The molecule has 0 heterocycles. The average molecular weight is 315 g/mol. The summed E-state index contributed by atoms with van der Waals surface area (Å²) in [7, 11) is 0. The summed E-state index contributed by atoms with van der Waals surface area (Å²) in [6.07, 6.45) is 0. The fourth-order valence-corrected chi connectivity index (χ4v) is 1.91. The van der Waals surface area contributed by atoms with Crippen molar-refractivity contribution in [2.45, 2.75) is 19.9 Å². The Balaban J connectivity index is 2.42. The lowest BCUT2D eigenvalue weighted by Crippen LogP contribution is -2.41. The average Bonchev–Trinajstić information content (AvgIpc) is 2.29. The minimum atomic E-state index is -0.118. The number of rotatable bonds is 6. The number of carbonyl (C=O) groups excluding carboxylic acids is 1. The number of hydrogen-bond donors (Lipinski definition) is 3. The van der Waals surface area contributed by atoms with Gasteiger partial charge in [0.25, 0.3) is 0 Å². The molecule has 1 aromatic carbocycles. The van der Waals surface area contributed by atoms with Crippen molar-refractivity contribution in [3.05, 3.63) is 28.7 Å². The van der Waals surface area contributed by atoms with Crippen LogP contribution in [-0.4, -0.2) is 30.2 Å². The molecule has 0 saturated carbocycles. The minimum absolute atomic E-state index is 0.0296. The number of carbonyl (C=O) groups is 1. The fourth-order valence-electron chi connectivity index (χ4n) is 1.51. The SMILES string of the molecule is CC(C)C(CO)NCC(=O)Nc1cccc(Br)c1. The number of anilines is 1. The van der Waals surface area contributed by atoms with Crippen LogP contribution in [0.15, 0.2) is 28.7 Å². The van der Waals surface area contributed by atoms with Crippen molar-refractivity contribution in [3.8, 4) is 0 Å². The van der Waals surface area contributed by atoms with Crippen molar-refractivity contribution < 1.29 is 9.90 Å². The first kappa shape index (κ1) is 15.1. The molecule has 1 unspecified atom stereocenters. The number of hydrogen-bond acceptors (Lipinski definition) is 3. The van der Waals surface area contributed by atoms with E-state index in [-0.39, 0.29) is 31.0 Å². The van der Waals surface area contributed by atoms with Gasteiger partial charge in [-0.25, -0.2) is 0 Å². The third-order valence-corrected chi connectivity index (χ3v) is 3.13. The lowest BCUT2D eigenvalue weighted by molar-refractivity contribution is -0.115. The highest BCUT2D eigenvalue weighted by atomic mass is 79.9. The fraction of sp³-hybridized carbons (Fsp3) is 0.462. The zero-order valence-corrected chi connectivity index (χ0v) is 12.2. The molecule has 100 valence electrons. The van der Waals surface area contributed by atoms with E-state index < -0.39 is 0 Å². The van der Waals surface area contributed by atoms with Crippen molar-refractivity contribution in [2.75, 3.05) is 18.5 Å². The molecule has 4 nitrogen and oxygen atoms in total. The zero-order valence-electron chi connectivity index (χ0n) is 10.6.